The molecule has 0 bridgehead atoms. The van der Waals surface area contributed by atoms with E-state index in [4.69, 9.17) is 0 Å². The van der Waals surface area contributed by atoms with E-state index in [0.717, 1.165) is 21.7 Å². The van der Waals surface area contributed by atoms with Crippen molar-refractivity contribution < 1.29 is 22.4 Å². The molecule has 0 fully saturated rings. The summed E-state index contributed by atoms with van der Waals surface area (Å²) in [5, 5.41) is 2.58. The molecule has 0 unspecified atom stereocenters. The molecule has 0 aliphatic heterocycles. The van der Waals surface area contributed by atoms with E-state index in [0.29, 0.717) is 5.69 Å². The molecule has 0 aromatic heterocycles. The topological polar surface area (TPSA) is 86.8 Å². The molecular formula is C27H30FN3O4S. The summed E-state index contributed by atoms with van der Waals surface area (Å²) in [7, 11) is -2.38. The average Bonchev–Trinajstić information content (AvgIpc) is 2.85. The number of likely N-dealkylation sites (N-methyl/N-ethyl adjacent to an activating group) is 1. The Kier molecular flexibility index (Phi) is 8.82. The molecule has 2 amide bonds. The third-order valence-corrected chi connectivity index (χ3v) is 6.96. The number of rotatable bonds is 10. The highest BCUT2D eigenvalue weighted by atomic mass is 32.2. The highest BCUT2D eigenvalue weighted by Crippen LogP contribution is 2.21. The molecule has 3 aromatic carbocycles. The van der Waals surface area contributed by atoms with E-state index < -0.39 is 40.2 Å². The number of carbonyl (C=O) groups is 2. The van der Waals surface area contributed by atoms with Gasteiger partial charge in [-0.25, -0.2) is 12.8 Å². The molecule has 190 valence electrons. The van der Waals surface area contributed by atoms with Gasteiger partial charge in [0.05, 0.1) is 11.9 Å². The van der Waals surface area contributed by atoms with Crippen LogP contribution in [0.25, 0.3) is 0 Å². The summed E-state index contributed by atoms with van der Waals surface area (Å²) in [5.41, 5.74) is 2.27. The van der Waals surface area contributed by atoms with Crippen molar-refractivity contribution in [2.75, 3.05) is 24.2 Å². The Morgan fingerprint density at radius 3 is 2.14 bits per heavy atom. The monoisotopic (exact) mass is 511 g/mol. The van der Waals surface area contributed by atoms with Crippen molar-refractivity contribution in [1.29, 1.82) is 0 Å². The van der Waals surface area contributed by atoms with Crippen LogP contribution >= 0.6 is 0 Å². The number of hydrogen-bond acceptors (Lipinski definition) is 4. The van der Waals surface area contributed by atoms with Gasteiger partial charge in [0.2, 0.25) is 21.8 Å². The predicted octanol–water partition coefficient (Wildman–Crippen LogP) is 3.29. The number of anilines is 1. The lowest BCUT2D eigenvalue weighted by Gasteiger charge is -2.33. The number of carbonyl (C=O) groups excluding carboxylic acids is 2. The van der Waals surface area contributed by atoms with Crippen molar-refractivity contribution in [2.45, 2.75) is 25.9 Å². The fraction of sp³-hybridized carbons (Fsp3) is 0.259. The van der Waals surface area contributed by atoms with Crippen molar-refractivity contribution in [3.05, 3.63) is 101 Å². The standard InChI is InChI=1S/C27H30FN3O4S/c1-20-13-15-23(16-14-20)31(36(3,34)35)19-26(32)30(18-22-11-7-8-12-24(22)28)25(27(33)29-2)17-21-9-5-4-6-10-21/h4-16,25H,17-19H2,1-3H3,(H,29,33)/t25-/m1/s1. The Morgan fingerprint density at radius 2 is 1.56 bits per heavy atom. The van der Waals surface area contributed by atoms with E-state index in [9.17, 15) is 22.4 Å². The summed E-state index contributed by atoms with van der Waals surface area (Å²) < 4.78 is 40.9. The van der Waals surface area contributed by atoms with Crippen molar-refractivity contribution in [2.24, 2.45) is 0 Å². The van der Waals surface area contributed by atoms with Gasteiger partial charge in [-0.05, 0) is 30.7 Å². The zero-order valence-electron chi connectivity index (χ0n) is 20.5. The fourth-order valence-corrected chi connectivity index (χ4v) is 4.71. The van der Waals surface area contributed by atoms with Gasteiger partial charge in [-0.2, -0.15) is 0 Å². The van der Waals surface area contributed by atoms with Crippen LogP contribution < -0.4 is 9.62 Å². The van der Waals surface area contributed by atoms with E-state index >= 15 is 0 Å². The van der Waals surface area contributed by atoms with E-state index in [1.54, 1.807) is 30.3 Å². The molecule has 3 rings (SSSR count). The molecule has 0 heterocycles. The van der Waals surface area contributed by atoms with Crippen LogP contribution in [0, 0.1) is 12.7 Å². The number of aryl methyl sites for hydroxylation is 1. The van der Waals surface area contributed by atoms with Gasteiger partial charge in [0.15, 0.2) is 0 Å². The first-order valence-electron chi connectivity index (χ1n) is 11.4. The van der Waals surface area contributed by atoms with Crippen LogP contribution in [0.1, 0.15) is 16.7 Å². The smallest absolute Gasteiger partial charge is 0.244 e. The number of hydrogen-bond donors (Lipinski definition) is 1. The second-order valence-corrected chi connectivity index (χ2v) is 10.4. The highest BCUT2D eigenvalue weighted by Gasteiger charge is 2.33. The largest absolute Gasteiger partial charge is 0.357 e. The molecule has 0 radical (unpaired) electrons. The van der Waals surface area contributed by atoms with Crippen molar-refractivity contribution in [3.8, 4) is 0 Å². The third kappa shape index (κ3) is 6.91. The zero-order chi connectivity index (χ0) is 26.3. The van der Waals surface area contributed by atoms with Gasteiger partial charge in [-0.3, -0.25) is 13.9 Å². The number of nitrogens with one attached hydrogen (secondary N) is 1. The summed E-state index contributed by atoms with van der Waals surface area (Å²) in [6.07, 6.45) is 1.19. The minimum Gasteiger partial charge on any atom is -0.357 e. The lowest BCUT2D eigenvalue weighted by Crippen LogP contribution is -2.53. The lowest BCUT2D eigenvalue weighted by molar-refractivity contribution is -0.139. The molecule has 1 N–H and O–H groups in total. The fourth-order valence-electron chi connectivity index (χ4n) is 3.86. The van der Waals surface area contributed by atoms with Crippen LogP contribution in [0.4, 0.5) is 10.1 Å². The molecule has 0 saturated heterocycles. The first-order valence-corrected chi connectivity index (χ1v) is 13.3. The molecule has 36 heavy (non-hydrogen) atoms. The van der Waals surface area contributed by atoms with Crippen LogP contribution in [0.15, 0.2) is 78.9 Å². The third-order valence-electron chi connectivity index (χ3n) is 5.82. The normalized spacial score (nSPS) is 12.0. The van der Waals surface area contributed by atoms with Gasteiger partial charge >= 0.3 is 0 Å². The minimum atomic E-state index is -3.84. The van der Waals surface area contributed by atoms with E-state index in [-0.39, 0.29) is 18.5 Å². The van der Waals surface area contributed by atoms with Gasteiger partial charge in [-0.1, -0.05) is 66.2 Å². The number of benzene rings is 3. The van der Waals surface area contributed by atoms with Crippen molar-refractivity contribution >= 4 is 27.5 Å². The van der Waals surface area contributed by atoms with Crippen LogP contribution in [0.3, 0.4) is 0 Å². The molecule has 0 spiro atoms. The maximum atomic E-state index is 14.6. The van der Waals surface area contributed by atoms with Crippen LogP contribution in [-0.2, 0) is 32.6 Å². The molecular weight excluding hydrogens is 481 g/mol. The van der Waals surface area contributed by atoms with Crippen LogP contribution in [0.5, 0.6) is 0 Å². The SMILES string of the molecule is CNC(=O)[C@@H](Cc1ccccc1)N(Cc1ccccc1F)C(=O)CN(c1ccc(C)cc1)S(C)(=O)=O. The summed E-state index contributed by atoms with van der Waals surface area (Å²) in [4.78, 5) is 28.0. The minimum absolute atomic E-state index is 0.171. The summed E-state index contributed by atoms with van der Waals surface area (Å²) in [6.45, 7) is 1.12. The Hall–Kier alpha value is -3.72. The summed E-state index contributed by atoms with van der Waals surface area (Å²) in [5.74, 6) is -1.59. The second kappa shape index (κ2) is 11.8. The van der Waals surface area contributed by atoms with E-state index in [2.05, 4.69) is 5.32 Å². The maximum absolute atomic E-state index is 14.6. The van der Waals surface area contributed by atoms with Crippen LogP contribution in [0.2, 0.25) is 0 Å². The van der Waals surface area contributed by atoms with Crippen molar-refractivity contribution in [1.82, 2.24) is 10.2 Å². The van der Waals surface area contributed by atoms with E-state index in [1.807, 2.05) is 37.3 Å². The number of halogens is 1. The Labute approximate surface area is 211 Å². The van der Waals surface area contributed by atoms with Gasteiger partial charge in [-0.15, -0.1) is 0 Å². The molecule has 1 atom stereocenters. The van der Waals surface area contributed by atoms with Crippen molar-refractivity contribution in [3.63, 3.8) is 0 Å². The molecule has 7 nitrogen and oxygen atoms in total. The summed E-state index contributed by atoms with van der Waals surface area (Å²) >= 11 is 0. The quantitative estimate of drug-likeness (QED) is 0.453. The number of sulfonamides is 1. The maximum Gasteiger partial charge on any atom is 0.244 e. The molecule has 0 aliphatic rings. The Morgan fingerprint density at radius 1 is 0.944 bits per heavy atom. The molecule has 9 heteroatoms. The highest BCUT2D eigenvalue weighted by molar-refractivity contribution is 7.92. The number of amides is 2. The predicted molar refractivity (Wildman–Crippen MR) is 138 cm³/mol. The molecule has 0 aliphatic carbocycles. The van der Waals surface area contributed by atoms with Gasteiger partial charge in [0.1, 0.15) is 18.4 Å². The van der Waals surface area contributed by atoms with Crippen LogP contribution in [-0.4, -0.2) is 51.0 Å². The van der Waals surface area contributed by atoms with Gasteiger partial charge < -0.3 is 10.2 Å². The zero-order valence-corrected chi connectivity index (χ0v) is 21.3. The average molecular weight is 512 g/mol. The first kappa shape index (κ1) is 26.9. The van der Waals surface area contributed by atoms with E-state index in [1.165, 1.54) is 30.1 Å². The second-order valence-electron chi connectivity index (χ2n) is 8.54. The first-order chi connectivity index (χ1) is 17.1. The van der Waals surface area contributed by atoms with Gasteiger partial charge in [0.25, 0.3) is 0 Å². The Bertz CT molecular complexity index is 1300. The molecule has 0 saturated carbocycles. The molecule has 3 aromatic rings. The summed E-state index contributed by atoms with van der Waals surface area (Å²) in [6, 6.07) is 20.9. The number of nitrogens with zero attached hydrogens (tertiary/aromatic N) is 2. The lowest BCUT2D eigenvalue weighted by atomic mass is 10.0. The Balaban J connectivity index is 2.03. The van der Waals surface area contributed by atoms with Gasteiger partial charge in [0, 0.05) is 25.6 Å².